The number of ether oxygens (including phenoxy) is 1. The number of esters is 1. The fourth-order valence-corrected chi connectivity index (χ4v) is 4.26. The Kier molecular flexibility index (Phi) is 8.11. The summed E-state index contributed by atoms with van der Waals surface area (Å²) in [6.07, 6.45) is 3.99. The first-order valence-electron chi connectivity index (χ1n) is 12.0. The summed E-state index contributed by atoms with van der Waals surface area (Å²) in [6.45, 7) is 0. The van der Waals surface area contributed by atoms with Gasteiger partial charge in [0.25, 0.3) is 5.91 Å². The van der Waals surface area contributed by atoms with Crippen LogP contribution in [0.1, 0.15) is 27.0 Å². The second-order valence-electron chi connectivity index (χ2n) is 8.78. The fourth-order valence-electron chi connectivity index (χ4n) is 4.26. The molecule has 0 heterocycles. The Morgan fingerprint density at radius 1 is 0.892 bits per heavy atom. The van der Waals surface area contributed by atoms with Gasteiger partial charge in [0.2, 0.25) is 0 Å². The minimum absolute atomic E-state index is 0.0541. The van der Waals surface area contributed by atoms with Crippen molar-refractivity contribution in [3.05, 3.63) is 125 Å². The van der Waals surface area contributed by atoms with Crippen LogP contribution in [0.5, 0.6) is 0 Å². The van der Waals surface area contributed by atoms with E-state index in [0.717, 1.165) is 21.9 Å². The van der Waals surface area contributed by atoms with Crippen molar-refractivity contribution in [1.29, 1.82) is 5.41 Å². The third-order valence-corrected chi connectivity index (χ3v) is 6.24. The van der Waals surface area contributed by atoms with E-state index < -0.39 is 17.9 Å². The Labute approximate surface area is 216 Å². The van der Waals surface area contributed by atoms with Crippen molar-refractivity contribution in [2.24, 2.45) is 11.7 Å². The van der Waals surface area contributed by atoms with Crippen LogP contribution in [0, 0.1) is 11.3 Å². The smallest absolute Gasteiger partial charge is 0.311 e. The molecule has 0 aromatic heterocycles. The Balaban J connectivity index is 1.68. The van der Waals surface area contributed by atoms with Crippen molar-refractivity contribution < 1.29 is 14.3 Å². The average molecular weight is 492 g/mol. The van der Waals surface area contributed by atoms with Gasteiger partial charge in [-0.05, 0) is 46.5 Å². The van der Waals surface area contributed by atoms with Crippen LogP contribution in [0.3, 0.4) is 0 Å². The first kappa shape index (κ1) is 25.4. The van der Waals surface area contributed by atoms with Crippen LogP contribution in [0.15, 0.2) is 103 Å². The van der Waals surface area contributed by atoms with Gasteiger partial charge in [-0.3, -0.25) is 15.0 Å². The molecule has 0 aliphatic heterocycles. The number of hydrogen-bond acceptors (Lipinski definition) is 4. The number of carbonyl (C=O) groups is 2. The number of benzene rings is 4. The molecule has 0 unspecified atom stereocenters. The highest BCUT2D eigenvalue weighted by molar-refractivity contribution is 5.99. The normalized spacial score (nSPS) is 12.7. The zero-order chi connectivity index (χ0) is 26.2. The van der Waals surface area contributed by atoms with Crippen LogP contribution >= 0.6 is 0 Å². The van der Waals surface area contributed by atoms with Gasteiger partial charge in [0.15, 0.2) is 0 Å². The minimum atomic E-state index is -0.712. The summed E-state index contributed by atoms with van der Waals surface area (Å²) in [7, 11) is 1.34. The molecular formula is C31H29N3O3. The molecule has 4 N–H and O–H groups in total. The maximum atomic E-state index is 13.4. The van der Waals surface area contributed by atoms with Crippen molar-refractivity contribution in [3.63, 3.8) is 0 Å². The van der Waals surface area contributed by atoms with E-state index in [1.54, 1.807) is 24.3 Å². The van der Waals surface area contributed by atoms with E-state index in [2.05, 4.69) is 5.32 Å². The number of carbonyl (C=O) groups excluding carboxylic acids is 2. The maximum Gasteiger partial charge on any atom is 0.311 e. The first-order valence-corrected chi connectivity index (χ1v) is 12.0. The molecule has 6 heteroatoms. The van der Waals surface area contributed by atoms with Crippen LogP contribution in [-0.4, -0.2) is 30.9 Å². The van der Waals surface area contributed by atoms with Crippen LogP contribution in [-0.2, 0) is 16.0 Å². The number of nitrogen functional groups attached to an aromatic ring is 1. The highest BCUT2D eigenvalue weighted by atomic mass is 16.5. The summed E-state index contributed by atoms with van der Waals surface area (Å²) in [5.74, 6) is -1.51. The topological polar surface area (TPSA) is 105 Å². The minimum Gasteiger partial charge on any atom is -0.469 e. The van der Waals surface area contributed by atoms with E-state index >= 15 is 0 Å². The highest BCUT2D eigenvalue weighted by Crippen LogP contribution is 2.20. The molecule has 4 rings (SSSR count). The lowest BCUT2D eigenvalue weighted by Crippen LogP contribution is -2.43. The standard InChI is InChI=1S/C31H29N3O3/c1-37-31(36)27(19-22-10-7-13-25(18-22)29(32)33)28(17-14-21-8-3-2-4-9-21)34-30(35)26-16-15-23-11-5-6-12-24(23)20-26/h2-18,20,27-28H,19H2,1H3,(H3,32,33)(H,34,35)/b17-14+/t27-,28-/m0/s1. The summed E-state index contributed by atoms with van der Waals surface area (Å²) >= 11 is 0. The average Bonchev–Trinajstić information content (AvgIpc) is 2.94. The predicted molar refractivity (Wildman–Crippen MR) is 147 cm³/mol. The molecule has 2 atom stereocenters. The zero-order valence-electron chi connectivity index (χ0n) is 20.6. The number of fused-ring (bicyclic) bond motifs is 1. The second-order valence-corrected chi connectivity index (χ2v) is 8.78. The highest BCUT2D eigenvalue weighted by Gasteiger charge is 2.30. The molecule has 0 saturated heterocycles. The third kappa shape index (κ3) is 6.49. The Morgan fingerprint density at radius 3 is 2.35 bits per heavy atom. The number of methoxy groups -OCH3 is 1. The van der Waals surface area contributed by atoms with Crippen molar-refractivity contribution in [3.8, 4) is 0 Å². The summed E-state index contributed by atoms with van der Waals surface area (Å²) in [4.78, 5) is 26.4. The summed E-state index contributed by atoms with van der Waals surface area (Å²) < 4.78 is 5.15. The van der Waals surface area contributed by atoms with Crippen LogP contribution in [0.2, 0.25) is 0 Å². The monoisotopic (exact) mass is 491 g/mol. The molecule has 4 aromatic rings. The van der Waals surface area contributed by atoms with Crippen molar-refractivity contribution in [2.45, 2.75) is 12.5 Å². The van der Waals surface area contributed by atoms with Gasteiger partial charge < -0.3 is 15.8 Å². The number of nitrogens with one attached hydrogen (secondary N) is 2. The van der Waals surface area contributed by atoms with Gasteiger partial charge in [0.1, 0.15) is 5.84 Å². The lowest BCUT2D eigenvalue weighted by Gasteiger charge is -2.24. The molecule has 4 aromatic carbocycles. The zero-order valence-corrected chi connectivity index (χ0v) is 20.6. The lowest BCUT2D eigenvalue weighted by atomic mass is 9.90. The fraction of sp³-hybridized carbons (Fsp3) is 0.129. The Morgan fingerprint density at radius 2 is 1.62 bits per heavy atom. The van der Waals surface area contributed by atoms with Gasteiger partial charge >= 0.3 is 5.97 Å². The van der Waals surface area contributed by atoms with E-state index in [1.807, 2.05) is 84.9 Å². The van der Waals surface area contributed by atoms with Crippen LogP contribution in [0.4, 0.5) is 0 Å². The molecule has 0 bridgehead atoms. The van der Waals surface area contributed by atoms with Gasteiger partial charge in [-0.1, -0.05) is 91.0 Å². The summed E-state index contributed by atoms with van der Waals surface area (Å²) in [5, 5.41) is 12.8. The van der Waals surface area contributed by atoms with E-state index in [-0.39, 0.29) is 18.2 Å². The molecule has 186 valence electrons. The van der Waals surface area contributed by atoms with Crippen molar-refractivity contribution in [1.82, 2.24) is 5.32 Å². The molecular weight excluding hydrogens is 462 g/mol. The SMILES string of the molecule is COC(=O)[C@@H](Cc1cccc(C(=N)N)c1)[C@H](/C=C/c1ccccc1)NC(=O)c1ccc2ccccc2c1. The number of rotatable bonds is 9. The van der Waals surface area contributed by atoms with E-state index in [0.29, 0.717) is 11.1 Å². The van der Waals surface area contributed by atoms with E-state index in [1.165, 1.54) is 7.11 Å². The van der Waals surface area contributed by atoms with Gasteiger partial charge in [-0.25, -0.2) is 0 Å². The molecule has 37 heavy (non-hydrogen) atoms. The Hall–Kier alpha value is -4.71. The van der Waals surface area contributed by atoms with Crippen LogP contribution in [0.25, 0.3) is 16.8 Å². The molecule has 0 spiro atoms. The molecule has 0 aliphatic carbocycles. The summed E-state index contributed by atoms with van der Waals surface area (Å²) in [6, 6.07) is 29.5. The first-order chi connectivity index (χ1) is 17.9. The Bertz CT molecular complexity index is 1450. The quantitative estimate of drug-likeness (QED) is 0.175. The van der Waals surface area contributed by atoms with Gasteiger partial charge in [0, 0.05) is 11.1 Å². The molecule has 0 fully saturated rings. The lowest BCUT2D eigenvalue weighted by molar-refractivity contribution is -0.145. The van der Waals surface area contributed by atoms with Crippen molar-refractivity contribution >= 4 is 34.6 Å². The van der Waals surface area contributed by atoms with E-state index in [4.69, 9.17) is 15.9 Å². The number of amides is 1. The van der Waals surface area contributed by atoms with Gasteiger partial charge in [-0.15, -0.1) is 0 Å². The van der Waals surface area contributed by atoms with Gasteiger partial charge in [-0.2, -0.15) is 0 Å². The largest absolute Gasteiger partial charge is 0.469 e. The molecule has 0 saturated carbocycles. The number of nitrogens with two attached hydrogens (primary N) is 1. The number of hydrogen-bond donors (Lipinski definition) is 3. The second kappa shape index (κ2) is 11.8. The molecule has 0 aliphatic rings. The number of amidine groups is 1. The molecule has 0 radical (unpaired) electrons. The molecule has 1 amide bonds. The van der Waals surface area contributed by atoms with Crippen LogP contribution < -0.4 is 11.1 Å². The van der Waals surface area contributed by atoms with Crippen molar-refractivity contribution in [2.75, 3.05) is 7.11 Å². The maximum absolute atomic E-state index is 13.4. The summed E-state index contributed by atoms with van der Waals surface area (Å²) in [5.41, 5.74) is 8.48. The van der Waals surface area contributed by atoms with Gasteiger partial charge in [0.05, 0.1) is 19.1 Å². The molecule has 6 nitrogen and oxygen atoms in total. The van der Waals surface area contributed by atoms with E-state index in [9.17, 15) is 9.59 Å². The predicted octanol–water partition coefficient (Wildman–Crippen LogP) is 4.97. The third-order valence-electron chi connectivity index (χ3n) is 6.24.